The average molecular weight is 411 g/mol. The summed E-state index contributed by atoms with van der Waals surface area (Å²) < 4.78 is 29.0. The highest BCUT2D eigenvalue weighted by Crippen LogP contribution is 2.63. The lowest BCUT2D eigenvalue weighted by Crippen LogP contribution is -2.53. The molecule has 3 N–H and O–H groups in total. The molecule has 0 unspecified atom stereocenters. The van der Waals surface area contributed by atoms with Gasteiger partial charge in [0.25, 0.3) is 0 Å². The summed E-state index contributed by atoms with van der Waals surface area (Å²) in [7, 11) is 0. The van der Waals surface area contributed by atoms with Crippen LogP contribution in [0.2, 0.25) is 0 Å². The van der Waals surface area contributed by atoms with E-state index in [2.05, 4.69) is 4.74 Å². The van der Waals surface area contributed by atoms with Crippen molar-refractivity contribution in [2.24, 2.45) is 46.7 Å². The molecule has 6 fully saturated rings. The Hall–Kier alpha value is -1.90. The minimum atomic E-state index is -2.03. The van der Waals surface area contributed by atoms with Gasteiger partial charge in [0.15, 0.2) is 6.17 Å². The van der Waals surface area contributed by atoms with E-state index in [9.17, 15) is 18.8 Å². The maximum Gasteiger partial charge on any atom is 0.507 e. The van der Waals surface area contributed by atoms with Gasteiger partial charge in [-0.05, 0) is 68.6 Å². The van der Waals surface area contributed by atoms with Crippen LogP contribution in [0, 0.1) is 40.9 Å². The van der Waals surface area contributed by atoms with Gasteiger partial charge < -0.3 is 19.3 Å². The van der Waals surface area contributed by atoms with Crippen molar-refractivity contribution in [1.29, 1.82) is 0 Å². The lowest BCUT2D eigenvalue weighted by Gasteiger charge is -2.55. The number of esters is 2. The van der Waals surface area contributed by atoms with E-state index in [0.29, 0.717) is 17.8 Å². The lowest BCUT2D eigenvalue weighted by molar-refractivity contribution is -0.187. The summed E-state index contributed by atoms with van der Waals surface area (Å²) in [5.41, 5.74) is 3.33. The van der Waals surface area contributed by atoms with Gasteiger partial charge in [0.1, 0.15) is 0 Å². The number of carbonyl (C=O) groups is 3. The number of carboxylic acid groups (broad SMARTS) is 1. The van der Waals surface area contributed by atoms with Crippen molar-refractivity contribution >= 4 is 18.1 Å². The molecule has 0 heterocycles. The molecular weight excluding hydrogens is 385 g/mol. The van der Waals surface area contributed by atoms with Crippen molar-refractivity contribution in [3.8, 4) is 0 Å². The van der Waals surface area contributed by atoms with E-state index in [4.69, 9.17) is 20.3 Å². The third-order valence-corrected chi connectivity index (χ3v) is 8.06. The number of ether oxygens (including phenoxy) is 3. The third kappa shape index (κ3) is 2.92. The molecule has 0 aliphatic heterocycles. The zero-order valence-corrected chi connectivity index (χ0v) is 16.1. The van der Waals surface area contributed by atoms with Crippen molar-refractivity contribution in [2.45, 2.75) is 56.8 Å². The molecule has 0 spiro atoms. The summed E-state index contributed by atoms with van der Waals surface area (Å²) in [6.07, 6.45) is 2.81. The fraction of sp³-hybridized carbons (Fsp3) is 0.850. The number of hydrogen-bond acceptors (Lipinski definition) is 7. The molecule has 0 amide bonds. The average Bonchev–Trinajstić information content (AvgIpc) is 3.28. The van der Waals surface area contributed by atoms with E-state index in [0.717, 1.165) is 19.3 Å². The molecule has 4 bridgehead atoms. The van der Waals surface area contributed by atoms with Gasteiger partial charge in [-0.2, -0.15) is 0 Å². The molecular formula is C20H26FNO7. The second-order valence-corrected chi connectivity index (χ2v) is 9.85. The Labute approximate surface area is 167 Å². The maximum atomic E-state index is 14.0. The summed E-state index contributed by atoms with van der Waals surface area (Å²) in [6.45, 7) is -0.480. The molecule has 8 nitrogen and oxygen atoms in total. The molecule has 0 aromatic heterocycles. The first-order valence-electron chi connectivity index (χ1n) is 10.4. The Morgan fingerprint density at radius 2 is 1.59 bits per heavy atom. The standard InChI is InChI=1S/C20H26FNO7/c21-13-4-12-14(15(12)20(13,22)29-18(25)26)16(23)27-8-28-17(24)19-5-9-1-10(6-19)3-11(2-9)7-19/h9-15H,1-8,22H2,(H,25,26)/t9?,10?,11?,12-,13-,14-,15-,19?,20+/m0/s1. The van der Waals surface area contributed by atoms with E-state index in [1.165, 1.54) is 19.3 Å². The number of rotatable bonds is 5. The highest BCUT2D eigenvalue weighted by Gasteiger charge is 2.74. The molecule has 0 saturated heterocycles. The van der Waals surface area contributed by atoms with Gasteiger partial charge in [-0.15, -0.1) is 0 Å². The predicted molar refractivity (Wildman–Crippen MR) is 93.7 cm³/mol. The first-order valence-corrected chi connectivity index (χ1v) is 10.4. The summed E-state index contributed by atoms with van der Waals surface area (Å²) in [5.74, 6) is -1.04. The van der Waals surface area contributed by atoms with Crippen LogP contribution >= 0.6 is 0 Å². The van der Waals surface area contributed by atoms with E-state index in [1.54, 1.807) is 0 Å². The molecule has 0 radical (unpaired) electrons. The van der Waals surface area contributed by atoms with Crippen molar-refractivity contribution in [1.82, 2.24) is 0 Å². The Kier molecular flexibility index (Phi) is 4.14. The maximum absolute atomic E-state index is 14.0. The van der Waals surface area contributed by atoms with E-state index in [-0.39, 0.29) is 12.4 Å². The zero-order valence-electron chi connectivity index (χ0n) is 16.1. The minimum absolute atomic E-state index is 0.0543. The summed E-state index contributed by atoms with van der Waals surface area (Å²) >= 11 is 0. The predicted octanol–water partition coefficient (Wildman–Crippen LogP) is 2.20. The molecule has 6 saturated carbocycles. The van der Waals surface area contributed by atoms with Gasteiger partial charge in [0.2, 0.25) is 12.5 Å². The summed E-state index contributed by atoms with van der Waals surface area (Å²) in [6, 6.07) is 0. The number of halogens is 1. The first-order chi connectivity index (χ1) is 13.7. The largest absolute Gasteiger partial charge is 0.507 e. The fourth-order valence-corrected chi connectivity index (χ4v) is 7.27. The lowest BCUT2D eigenvalue weighted by atomic mass is 9.49. The van der Waals surface area contributed by atoms with Crippen LogP contribution < -0.4 is 5.73 Å². The van der Waals surface area contributed by atoms with Crippen molar-refractivity contribution in [3.05, 3.63) is 0 Å². The van der Waals surface area contributed by atoms with E-state index >= 15 is 0 Å². The van der Waals surface area contributed by atoms with Crippen LogP contribution in [-0.2, 0) is 23.8 Å². The summed E-state index contributed by atoms with van der Waals surface area (Å²) in [4.78, 5) is 35.9. The number of fused-ring (bicyclic) bond motifs is 1. The second kappa shape index (κ2) is 6.30. The van der Waals surface area contributed by atoms with Crippen LogP contribution in [0.3, 0.4) is 0 Å². The van der Waals surface area contributed by atoms with Crippen LogP contribution in [0.4, 0.5) is 9.18 Å². The number of carbonyl (C=O) groups excluding carboxylic acids is 2. The molecule has 9 heteroatoms. The highest BCUT2D eigenvalue weighted by molar-refractivity contribution is 5.79. The van der Waals surface area contributed by atoms with E-state index in [1.807, 2.05) is 0 Å². The Morgan fingerprint density at radius 1 is 1.00 bits per heavy atom. The van der Waals surface area contributed by atoms with Gasteiger partial charge in [-0.1, -0.05) is 0 Å². The smallest absolute Gasteiger partial charge is 0.450 e. The zero-order chi connectivity index (χ0) is 20.6. The highest BCUT2D eigenvalue weighted by atomic mass is 19.1. The second-order valence-electron chi connectivity index (χ2n) is 9.85. The van der Waals surface area contributed by atoms with Gasteiger partial charge in [-0.25, -0.2) is 9.18 Å². The first kappa shape index (κ1) is 19.1. The topological polar surface area (TPSA) is 125 Å². The molecule has 6 aliphatic rings. The van der Waals surface area contributed by atoms with E-state index < -0.39 is 54.0 Å². The van der Waals surface area contributed by atoms with Crippen LogP contribution in [0.25, 0.3) is 0 Å². The number of hydrogen-bond donors (Lipinski definition) is 2. The normalized spacial score (nSPS) is 48.7. The van der Waals surface area contributed by atoms with Crippen molar-refractivity contribution in [2.75, 3.05) is 6.79 Å². The number of nitrogens with two attached hydrogens (primary N) is 1. The molecule has 29 heavy (non-hydrogen) atoms. The van der Waals surface area contributed by atoms with Crippen LogP contribution in [0.5, 0.6) is 0 Å². The molecule has 6 rings (SSSR count). The molecule has 5 atom stereocenters. The van der Waals surface area contributed by atoms with Gasteiger partial charge >= 0.3 is 18.1 Å². The van der Waals surface area contributed by atoms with Gasteiger partial charge in [-0.3, -0.25) is 15.3 Å². The minimum Gasteiger partial charge on any atom is -0.450 e. The van der Waals surface area contributed by atoms with Gasteiger partial charge in [0, 0.05) is 5.92 Å². The Morgan fingerprint density at radius 3 is 2.14 bits per heavy atom. The molecule has 0 aromatic rings. The van der Waals surface area contributed by atoms with Crippen molar-refractivity contribution in [3.63, 3.8) is 0 Å². The fourth-order valence-electron chi connectivity index (χ4n) is 7.27. The monoisotopic (exact) mass is 411 g/mol. The van der Waals surface area contributed by atoms with Crippen LogP contribution in [-0.4, -0.2) is 41.9 Å². The molecule has 160 valence electrons. The summed E-state index contributed by atoms with van der Waals surface area (Å²) in [5, 5.41) is 8.79. The van der Waals surface area contributed by atoms with Crippen LogP contribution in [0.1, 0.15) is 44.9 Å². The van der Waals surface area contributed by atoms with Gasteiger partial charge in [0.05, 0.1) is 11.3 Å². The van der Waals surface area contributed by atoms with Crippen LogP contribution in [0.15, 0.2) is 0 Å². The van der Waals surface area contributed by atoms with Crippen molar-refractivity contribution < 1.29 is 38.1 Å². The molecule has 0 aromatic carbocycles. The number of alkyl halides is 1. The molecule has 6 aliphatic carbocycles. The Balaban J connectivity index is 1.14. The third-order valence-electron chi connectivity index (χ3n) is 8.06. The Bertz CT molecular complexity index is 722. The quantitative estimate of drug-likeness (QED) is 0.521. The SMILES string of the molecule is N[C@]1(OC(=O)O)[C@H]2[C@@H](C[C@@H]1F)[C@@H]2C(=O)OCOC(=O)C12CC3CC(CC(C3)C1)C2.